The smallest absolute Gasteiger partial charge is 0.291 e. The van der Waals surface area contributed by atoms with E-state index in [1.165, 1.54) is 19.4 Å². The van der Waals surface area contributed by atoms with Gasteiger partial charge in [0.15, 0.2) is 5.76 Å². The van der Waals surface area contributed by atoms with E-state index in [0.29, 0.717) is 16.4 Å². The van der Waals surface area contributed by atoms with Gasteiger partial charge in [0.1, 0.15) is 6.61 Å². The number of methoxy groups -OCH3 is 1. The summed E-state index contributed by atoms with van der Waals surface area (Å²) in [6.45, 7) is -0.0588. The molecule has 0 saturated carbocycles. The molecule has 2 amide bonds. The molecule has 0 atom stereocenters. The first-order valence-electron chi connectivity index (χ1n) is 6.03. The maximum absolute atomic E-state index is 11.9. The predicted octanol–water partition coefficient (Wildman–Crippen LogP) is 2.77. The summed E-state index contributed by atoms with van der Waals surface area (Å²) in [4.78, 5) is 23.3. The highest BCUT2D eigenvalue weighted by molar-refractivity contribution is 6.34. The second-order valence-corrected chi connectivity index (χ2v) is 4.51. The van der Waals surface area contributed by atoms with Gasteiger partial charge in [-0.3, -0.25) is 9.59 Å². The fourth-order valence-corrected chi connectivity index (χ4v) is 1.78. The van der Waals surface area contributed by atoms with Crippen LogP contribution in [-0.4, -0.2) is 25.5 Å². The van der Waals surface area contributed by atoms with Crippen LogP contribution in [0.15, 0.2) is 41.0 Å². The summed E-state index contributed by atoms with van der Waals surface area (Å²) >= 11 is 6.02. The average molecular weight is 309 g/mol. The summed E-state index contributed by atoms with van der Waals surface area (Å²) in [7, 11) is 1.43. The van der Waals surface area contributed by atoms with Crippen LogP contribution in [0.1, 0.15) is 10.6 Å². The fourth-order valence-electron chi connectivity index (χ4n) is 1.62. The van der Waals surface area contributed by atoms with Crippen molar-refractivity contribution >= 4 is 34.8 Å². The molecular formula is C14H13ClN2O4. The van der Waals surface area contributed by atoms with Crippen molar-refractivity contribution < 1.29 is 18.7 Å². The molecule has 0 unspecified atom stereocenters. The Morgan fingerprint density at radius 2 is 2.10 bits per heavy atom. The van der Waals surface area contributed by atoms with Crippen molar-refractivity contribution in [3.8, 4) is 0 Å². The lowest BCUT2D eigenvalue weighted by Gasteiger charge is -2.09. The van der Waals surface area contributed by atoms with Crippen LogP contribution in [0.5, 0.6) is 0 Å². The van der Waals surface area contributed by atoms with Crippen molar-refractivity contribution in [2.24, 2.45) is 0 Å². The highest BCUT2D eigenvalue weighted by atomic mass is 35.5. The molecule has 1 aromatic carbocycles. The van der Waals surface area contributed by atoms with E-state index in [1.54, 1.807) is 24.3 Å². The quantitative estimate of drug-likeness (QED) is 0.890. The number of nitrogens with one attached hydrogen (secondary N) is 2. The molecule has 2 rings (SSSR count). The highest BCUT2D eigenvalue weighted by Gasteiger charge is 2.12. The van der Waals surface area contributed by atoms with Crippen LogP contribution >= 0.6 is 11.6 Å². The molecule has 2 N–H and O–H groups in total. The van der Waals surface area contributed by atoms with Gasteiger partial charge in [0.05, 0.1) is 17.0 Å². The third-order valence-electron chi connectivity index (χ3n) is 2.52. The molecule has 0 fully saturated rings. The Labute approximate surface area is 126 Å². The van der Waals surface area contributed by atoms with Gasteiger partial charge in [-0.05, 0) is 30.3 Å². The second-order valence-electron chi connectivity index (χ2n) is 4.11. The summed E-state index contributed by atoms with van der Waals surface area (Å²) < 4.78 is 9.72. The summed E-state index contributed by atoms with van der Waals surface area (Å²) in [6.07, 6.45) is 1.40. The number of benzene rings is 1. The van der Waals surface area contributed by atoms with E-state index in [9.17, 15) is 9.59 Å². The lowest BCUT2D eigenvalue weighted by molar-refractivity contribution is -0.119. The molecule has 0 aliphatic rings. The molecular weight excluding hydrogens is 296 g/mol. The van der Waals surface area contributed by atoms with E-state index in [4.69, 9.17) is 20.8 Å². The molecule has 0 radical (unpaired) electrons. The molecule has 0 aliphatic carbocycles. The van der Waals surface area contributed by atoms with Crippen LogP contribution in [0.2, 0.25) is 5.02 Å². The Kier molecular flexibility index (Phi) is 4.97. The molecule has 6 nitrogen and oxygen atoms in total. The summed E-state index contributed by atoms with van der Waals surface area (Å²) in [5.41, 5.74) is 0.865. The Hall–Kier alpha value is -2.31. The van der Waals surface area contributed by atoms with E-state index in [1.807, 2.05) is 0 Å². The molecule has 1 aromatic heterocycles. The monoisotopic (exact) mass is 308 g/mol. The van der Waals surface area contributed by atoms with Gasteiger partial charge in [0.25, 0.3) is 5.91 Å². The zero-order chi connectivity index (χ0) is 15.2. The number of furan rings is 1. The lowest BCUT2D eigenvalue weighted by Crippen LogP contribution is -2.17. The molecule has 110 valence electrons. The van der Waals surface area contributed by atoms with Crippen LogP contribution in [-0.2, 0) is 9.53 Å². The Balaban J connectivity index is 2.12. The summed E-state index contributed by atoms with van der Waals surface area (Å²) in [5, 5.41) is 5.58. The number of carbonyl (C=O) groups excluding carboxylic acids is 2. The van der Waals surface area contributed by atoms with E-state index < -0.39 is 5.91 Å². The van der Waals surface area contributed by atoms with Gasteiger partial charge in [-0.15, -0.1) is 0 Å². The van der Waals surface area contributed by atoms with E-state index in [0.717, 1.165) is 0 Å². The third-order valence-corrected chi connectivity index (χ3v) is 2.85. The first-order valence-corrected chi connectivity index (χ1v) is 6.41. The van der Waals surface area contributed by atoms with Crippen molar-refractivity contribution in [3.63, 3.8) is 0 Å². The normalized spacial score (nSPS) is 10.2. The van der Waals surface area contributed by atoms with E-state index >= 15 is 0 Å². The topological polar surface area (TPSA) is 80.6 Å². The minimum Gasteiger partial charge on any atom is -0.459 e. The molecule has 0 bridgehead atoms. The van der Waals surface area contributed by atoms with Gasteiger partial charge in [0, 0.05) is 12.8 Å². The standard InChI is InChI=1S/C14H13ClN2O4/c1-20-8-13(18)16-9-4-5-10(15)11(7-9)17-14(19)12-3-2-6-21-12/h2-7H,8H2,1H3,(H,16,18)(H,17,19). The number of ether oxygens (including phenoxy) is 1. The van der Waals surface area contributed by atoms with Crippen LogP contribution in [0.25, 0.3) is 0 Å². The molecule has 0 spiro atoms. The first-order chi connectivity index (χ1) is 10.1. The Bertz CT molecular complexity index is 640. The number of rotatable bonds is 5. The minimum absolute atomic E-state index is 0.0588. The number of anilines is 2. The molecule has 2 aromatic rings. The van der Waals surface area contributed by atoms with Gasteiger partial charge in [-0.2, -0.15) is 0 Å². The summed E-state index contributed by atoms with van der Waals surface area (Å²) in [6, 6.07) is 7.89. The van der Waals surface area contributed by atoms with Crippen molar-refractivity contribution in [1.82, 2.24) is 0 Å². The van der Waals surface area contributed by atoms with Crippen molar-refractivity contribution in [2.45, 2.75) is 0 Å². The lowest BCUT2D eigenvalue weighted by atomic mass is 10.2. The van der Waals surface area contributed by atoms with E-state index in [2.05, 4.69) is 10.6 Å². The van der Waals surface area contributed by atoms with Crippen molar-refractivity contribution in [2.75, 3.05) is 24.4 Å². The molecule has 0 aliphatic heterocycles. The molecule has 7 heteroatoms. The van der Waals surface area contributed by atoms with Crippen molar-refractivity contribution in [1.29, 1.82) is 0 Å². The fraction of sp³-hybridized carbons (Fsp3) is 0.143. The van der Waals surface area contributed by atoms with Gasteiger partial charge in [-0.25, -0.2) is 0 Å². The second kappa shape index (κ2) is 6.92. The number of halogens is 1. The Morgan fingerprint density at radius 1 is 1.29 bits per heavy atom. The van der Waals surface area contributed by atoms with Gasteiger partial charge < -0.3 is 19.8 Å². The number of hydrogen-bond acceptors (Lipinski definition) is 4. The minimum atomic E-state index is -0.428. The molecule has 0 saturated heterocycles. The predicted molar refractivity (Wildman–Crippen MR) is 78.6 cm³/mol. The Morgan fingerprint density at radius 3 is 2.76 bits per heavy atom. The van der Waals surface area contributed by atoms with Gasteiger partial charge in [0.2, 0.25) is 5.91 Å². The van der Waals surface area contributed by atoms with Crippen LogP contribution in [0.3, 0.4) is 0 Å². The largest absolute Gasteiger partial charge is 0.459 e. The number of carbonyl (C=O) groups is 2. The third kappa shape index (κ3) is 4.08. The number of hydrogen-bond donors (Lipinski definition) is 2. The summed E-state index contributed by atoms with van der Waals surface area (Å²) in [5.74, 6) is -0.565. The van der Waals surface area contributed by atoms with Crippen LogP contribution < -0.4 is 10.6 Å². The number of amides is 2. The van der Waals surface area contributed by atoms with Crippen LogP contribution in [0.4, 0.5) is 11.4 Å². The zero-order valence-electron chi connectivity index (χ0n) is 11.2. The maximum Gasteiger partial charge on any atom is 0.291 e. The highest BCUT2D eigenvalue weighted by Crippen LogP contribution is 2.26. The zero-order valence-corrected chi connectivity index (χ0v) is 11.9. The SMILES string of the molecule is COCC(=O)Nc1ccc(Cl)c(NC(=O)c2ccco2)c1. The maximum atomic E-state index is 11.9. The van der Waals surface area contributed by atoms with Crippen molar-refractivity contribution in [3.05, 3.63) is 47.4 Å². The average Bonchev–Trinajstić information content (AvgIpc) is 2.97. The van der Waals surface area contributed by atoms with E-state index in [-0.39, 0.29) is 18.3 Å². The van der Waals surface area contributed by atoms with Crippen LogP contribution in [0, 0.1) is 0 Å². The first kappa shape index (κ1) is 15.1. The molecule has 1 heterocycles. The van der Waals surface area contributed by atoms with Gasteiger partial charge in [-0.1, -0.05) is 11.6 Å². The molecule has 21 heavy (non-hydrogen) atoms. The van der Waals surface area contributed by atoms with Gasteiger partial charge >= 0.3 is 0 Å².